The summed E-state index contributed by atoms with van der Waals surface area (Å²) in [5.74, 6) is -1.54. The van der Waals surface area contributed by atoms with E-state index in [9.17, 15) is 18.8 Å². The lowest BCUT2D eigenvalue weighted by atomic mass is 9.85. The fourth-order valence-corrected chi connectivity index (χ4v) is 6.82. The molecule has 0 saturated carbocycles. The Hall–Kier alpha value is -4.60. The summed E-state index contributed by atoms with van der Waals surface area (Å²) < 4.78 is 47.3. The molecule has 0 radical (unpaired) electrons. The highest BCUT2D eigenvalue weighted by atomic mass is 19.1. The van der Waals surface area contributed by atoms with Crippen LogP contribution in [-0.2, 0) is 23.4 Å². The quantitative estimate of drug-likeness (QED) is 0.248. The van der Waals surface area contributed by atoms with E-state index in [2.05, 4.69) is 0 Å². The minimum Gasteiger partial charge on any atom is -0.366 e. The summed E-state index contributed by atoms with van der Waals surface area (Å²) in [7, 11) is 0. The molecule has 0 aliphatic carbocycles. The largest absolute Gasteiger partial charge is 0.366 e. The molecule has 2 saturated heterocycles. The number of alkyl halides is 1. The highest BCUT2D eigenvalue weighted by molar-refractivity contribution is 5.98. The first-order valence-corrected chi connectivity index (χ1v) is 16.3. The summed E-state index contributed by atoms with van der Waals surface area (Å²) in [6, 6.07) is 16.9. The monoisotopic (exact) mass is 644 g/mol. The van der Waals surface area contributed by atoms with Crippen molar-refractivity contribution < 1.29 is 22.8 Å². The van der Waals surface area contributed by atoms with Crippen molar-refractivity contribution in [2.45, 2.75) is 51.7 Å². The maximum Gasteiger partial charge on any atom is 0.259 e. The van der Waals surface area contributed by atoms with Crippen LogP contribution in [0.15, 0.2) is 71.7 Å². The van der Waals surface area contributed by atoms with Gasteiger partial charge in [-0.05, 0) is 61.2 Å². The van der Waals surface area contributed by atoms with Crippen molar-refractivity contribution >= 4 is 28.4 Å². The molecule has 2 fully saturated rings. The van der Waals surface area contributed by atoms with Crippen LogP contribution >= 0.6 is 0 Å². The Bertz CT molecular complexity index is 1840. The number of nitrogens with zero attached hydrogens (tertiary/aromatic N) is 4. The number of hydrogen-bond donors (Lipinski definition) is 0. The molecule has 0 unspecified atom stereocenters. The van der Waals surface area contributed by atoms with Gasteiger partial charge >= 0.3 is 0 Å². The zero-order chi connectivity index (χ0) is 33.3. The number of hydrogen-bond acceptors (Lipinski definition) is 4. The third kappa shape index (κ3) is 6.64. The zero-order valence-corrected chi connectivity index (χ0v) is 26.8. The van der Waals surface area contributed by atoms with E-state index in [1.165, 1.54) is 29.3 Å². The average molecular weight is 645 g/mol. The molecular formula is C37H39F3N4O3. The minimum absolute atomic E-state index is 0.0267. The number of fused-ring (bicyclic) bond motifs is 1. The molecule has 246 valence electrons. The predicted molar refractivity (Wildman–Crippen MR) is 176 cm³/mol. The molecule has 2 amide bonds. The van der Waals surface area contributed by atoms with Crippen LogP contribution in [0.3, 0.4) is 0 Å². The van der Waals surface area contributed by atoms with E-state index in [4.69, 9.17) is 0 Å². The molecule has 10 heteroatoms. The highest BCUT2D eigenvalue weighted by Crippen LogP contribution is 2.38. The Morgan fingerprint density at radius 2 is 1.57 bits per heavy atom. The van der Waals surface area contributed by atoms with Gasteiger partial charge in [0.25, 0.3) is 5.91 Å². The van der Waals surface area contributed by atoms with E-state index in [0.29, 0.717) is 62.3 Å². The van der Waals surface area contributed by atoms with Crippen LogP contribution in [0.2, 0.25) is 0 Å². The predicted octanol–water partition coefficient (Wildman–Crippen LogP) is 5.99. The van der Waals surface area contributed by atoms with Crippen LogP contribution in [0, 0.1) is 18.6 Å². The molecule has 0 bridgehead atoms. The third-order valence-corrected chi connectivity index (χ3v) is 9.57. The summed E-state index contributed by atoms with van der Waals surface area (Å²) in [5, 5.41) is 0.0979. The van der Waals surface area contributed by atoms with Crippen molar-refractivity contribution in [3.05, 3.63) is 111 Å². The number of likely N-dealkylation sites (tertiary alicyclic amines) is 1. The van der Waals surface area contributed by atoms with Gasteiger partial charge in [-0.1, -0.05) is 36.4 Å². The summed E-state index contributed by atoms with van der Waals surface area (Å²) in [6.07, 6.45) is 2.53. The summed E-state index contributed by atoms with van der Waals surface area (Å²) in [6.45, 7) is 5.96. The number of aryl methyl sites for hydroxylation is 3. The van der Waals surface area contributed by atoms with Gasteiger partial charge in [0.2, 0.25) is 11.3 Å². The topological polar surface area (TPSA) is 65.9 Å². The van der Waals surface area contributed by atoms with Gasteiger partial charge in [-0.2, -0.15) is 0 Å². The van der Waals surface area contributed by atoms with Crippen LogP contribution < -0.4 is 10.3 Å². The number of piperazine rings is 1. The molecule has 6 rings (SSSR count). The first-order chi connectivity index (χ1) is 22.6. The third-order valence-electron chi connectivity index (χ3n) is 9.57. The number of halogens is 3. The zero-order valence-electron chi connectivity index (χ0n) is 26.8. The van der Waals surface area contributed by atoms with Gasteiger partial charge in [-0.15, -0.1) is 0 Å². The second-order valence-electron chi connectivity index (χ2n) is 12.6. The lowest BCUT2D eigenvalue weighted by Crippen LogP contribution is -2.49. The Morgan fingerprint density at radius 3 is 2.23 bits per heavy atom. The molecular weight excluding hydrogens is 605 g/mol. The number of piperidine rings is 1. The van der Waals surface area contributed by atoms with Gasteiger partial charge in [0.1, 0.15) is 22.9 Å². The van der Waals surface area contributed by atoms with Crippen molar-refractivity contribution in [3.63, 3.8) is 0 Å². The molecule has 0 atom stereocenters. The van der Waals surface area contributed by atoms with E-state index in [0.717, 1.165) is 5.56 Å². The van der Waals surface area contributed by atoms with Gasteiger partial charge in [-0.3, -0.25) is 14.4 Å². The van der Waals surface area contributed by atoms with E-state index in [-0.39, 0.29) is 48.4 Å². The number of amides is 2. The van der Waals surface area contributed by atoms with Crippen LogP contribution in [-0.4, -0.2) is 65.4 Å². The lowest BCUT2D eigenvalue weighted by Gasteiger charge is -2.37. The number of carbonyl (C=O) groups excluding carboxylic acids is 2. The second-order valence-corrected chi connectivity index (χ2v) is 12.6. The normalized spacial score (nSPS) is 16.5. The summed E-state index contributed by atoms with van der Waals surface area (Å²) in [4.78, 5) is 45.2. The van der Waals surface area contributed by atoms with Gasteiger partial charge in [0, 0.05) is 76.7 Å². The Labute approximate surface area is 272 Å². The summed E-state index contributed by atoms with van der Waals surface area (Å²) in [5.41, 5.74) is 0.383. The van der Waals surface area contributed by atoms with Crippen molar-refractivity contribution in [1.29, 1.82) is 0 Å². The molecule has 0 N–H and O–H groups in total. The number of carbonyl (C=O) groups is 2. The summed E-state index contributed by atoms with van der Waals surface area (Å²) >= 11 is 0. The van der Waals surface area contributed by atoms with Crippen LogP contribution in [0.1, 0.15) is 53.2 Å². The van der Waals surface area contributed by atoms with E-state index < -0.39 is 28.6 Å². The molecule has 4 aromatic rings. The van der Waals surface area contributed by atoms with Crippen LogP contribution in [0.5, 0.6) is 0 Å². The Morgan fingerprint density at radius 1 is 0.872 bits per heavy atom. The maximum absolute atomic E-state index is 15.9. The average Bonchev–Trinajstić information content (AvgIpc) is 3.07. The molecule has 3 aromatic carbocycles. The molecule has 2 aliphatic rings. The standard InChI is InChI=1S/C37H39F3N4O3/c1-3-41-24-30(36(47)44-13-11-37(40,12-14-44)27-19-25(2)20-28(38)21-27)35(46)29-22-31(39)33(23-32(29)41)42-15-17-43(18-16-42)34(45)10-9-26-7-5-4-6-8-26/h4-8,19-24H,3,9-18H2,1-2H3. The molecule has 2 aliphatic heterocycles. The Balaban J connectivity index is 1.16. The highest BCUT2D eigenvalue weighted by Gasteiger charge is 2.39. The van der Waals surface area contributed by atoms with Crippen LogP contribution in [0.4, 0.5) is 18.9 Å². The molecule has 47 heavy (non-hydrogen) atoms. The molecule has 0 spiro atoms. The van der Waals surface area contributed by atoms with E-state index in [1.807, 2.05) is 47.1 Å². The van der Waals surface area contributed by atoms with E-state index >= 15 is 8.78 Å². The van der Waals surface area contributed by atoms with Crippen molar-refractivity contribution in [1.82, 2.24) is 14.4 Å². The first kappa shape index (κ1) is 32.3. The molecule has 1 aromatic heterocycles. The van der Waals surface area contributed by atoms with Gasteiger partial charge in [-0.25, -0.2) is 13.2 Å². The van der Waals surface area contributed by atoms with Crippen molar-refractivity contribution in [2.75, 3.05) is 44.2 Å². The fourth-order valence-electron chi connectivity index (χ4n) is 6.82. The number of anilines is 1. The van der Waals surface area contributed by atoms with Gasteiger partial charge in [0.05, 0.1) is 11.2 Å². The maximum atomic E-state index is 15.9. The van der Waals surface area contributed by atoms with Crippen molar-refractivity contribution in [3.8, 4) is 0 Å². The van der Waals surface area contributed by atoms with Gasteiger partial charge < -0.3 is 19.3 Å². The number of benzene rings is 3. The number of aromatic nitrogens is 1. The molecule has 3 heterocycles. The fraction of sp³-hybridized carbons (Fsp3) is 0.378. The second kappa shape index (κ2) is 13.3. The Kier molecular flexibility index (Phi) is 9.12. The number of pyridine rings is 1. The lowest BCUT2D eigenvalue weighted by molar-refractivity contribution is -0.131. The van der Waals surface area contributed by atoms with Crippen molar-refractivity contribution in [2.24, 2.45) is 0 Å². The van der Waals surface area contributed by atoms with E-state index in [1.54, 1.807) is 23.6 Å². The number of rotatable bonds is 7. The smallest absolute Gasteiger partial charge is 0.259 e. The van der Waals surface area contributed by atoms with Crippen LogP contribution in [0.25, 0.3) is 10.9 Å². The van der Waals surface area contributed by atoms with Gasteiger partial charge in [0.15, 0.2) is 0 Å². The first-order valence-electron chi connectivity index (χ1n) is 16.3. The molecule has 7 nitrogen and oxygen atoms in total. The minimum atomic E-state index is -1.78. The SMILES string of the molecule is CCn1cc(C(=O)N2CCC(F)(c3cc(C)cc(F)c3)CC2)c(=O)c2cc(F)c(N3CCN(C(=O)CCc4ccccc4)CC3)cc21.